The van der Waals surface area contributed by atoms with Crippen LogP contribution in [0.2, 0.25) is 0 Å². The number of amides is 1. The third kappa shape index (κ3) is 5.89. The first-order valence-corrected chi connectivity index (χ1v) is 7.40. The molecule has 6 heteroatoms. The highest BCUT2D eigenvalue weighted by molar-refractivity contribution is 5.84. The number of furan rings is 1. The van der Waals surface area contributed by atoms with Gasteiger partial charge in [0.1, 0.15) is 12.3 Å². The predicted molar refractivity (Wildman–Crippen MR) is 82.1 cm³/mol. The van der Waals surface area contributed by atoms with Crippen LogP contribution in [0.15, 0.2) is 27.8 Å². The molecule has 1 aromatic heterocycles. The first-order chi connectivity index (χ1) is 10.1. The Morgan fingerprint density at radius 1 is 1.43 bits per heavy atom. The molecule has 0 saturated heterocycles. The lowest BCUT2D eigenvalue weighted by Crippen LogP contribution is -2.40. The van der Waals surface area contributed by atoms with Crippen LogP contribution in [0.5, 0.6) is 0 Å². The monoisotopic (exact) mass is 292 g/mol. The van der Waals surface area contributed by atoms with Crippen molar-refractivity contribution in [1.82, 2.24) is 15.5 Å². The van der Waals surface area contributed by atoms with Crippen LogP contribution in [0.3, 0.4) is 0 Å². The number of hydrogen-bond acceptors (Lipinski definition) is 3. The summed E-state index contributed by atoms with van der Waals surface area (Å²) in [6, 6.07) is 3.83. The summed E-state index contributed by atoms with van der Waals surface area (Å²) < 4.78 is 5.29. The summed E-state index contributed by atoms with van der Waals surface area (Å²) in [6.07, 6.45) is 5.02. The van der Waals surface area contributed by atoms with E-state index in [-0.39, 0.29) is 12.5 Å². The number of rotatable bonds is 7. The second-order valence-corrected chi connectivity index (χ2v) is 5.53. The van der Waals surface area contributed by atoms with Crippen LogP contribution in [0, 0.1) is 5.92 Å². The zero-order valence-electron chi connectivity index (χ0n) is 12.8. The van der Waals surface area contributed by atoms with Crippen LogP contribution in [-0.2, 0) is 11.2 Å². The minimum Gasteiger partial charge on any atom is -0.469 e. The van der Waals surface area contributed by atoms with Crippen molar-refractivity contribution in [3.63, 3.8) is 0 Å². The van der Waals surface area contributed by atoms with Gasteiger partial charge in [0.25, 0.3) is 0 Å². The second kappa shape index (κ2) is 7.71. The number of nitrogens with one attached hydrogen (secondary N) is 2. The van der Waals surface area contributed by atoms with Crippen LogP contribution in [0.1, 0.15) is 18.6 Å². The molecule has 1 aliphatic rings. The SMILES string of the molecule is CN(C)C(=O)CN=C(NCCc1ccco1)NCC1CC1. The normalized spacial score (nSPS) is 14.9. The summed E-state index contributed by atoms with van der Waals surface area (Å²) in [5.41, 5.74) is 0. The number of hydrogen-bond donors (Lipinski definition) is 2. The fourth-order valence-corrected chi connectivity index (χ4v) is 1.78. The summed E-state index contributed by atoms with van der Waals surface area (Å²) in [7, 11) is 3.47. The molecule has 1 heterocycles. The van der Waals surface area contributed by atoms with E-state index in [1.807, 2.05) is 12.1 Å². The smallest absolute Gasteiger partial charge is 0.243 e. The summed E-state index contributed by atoms with van der Waals surface area (Å²) in [5, 5.41) is 6.54. The Kier molecular flexibility index (Phi) is 5.66. The van der Waals surface area contributed by atoms with Gasteiger partial charge in [-0.1, -0.05) is 0 Å². The van der Waals surface area contributed by atoms with Gasteiger partial charge in [0.2, 0.25) is 5.91 Å². The largest absolute Gasteiger partial charge is 0.469 e. The van der Waals surface area contributed by atoms with Crippen molar-refractivity contribution >= 4 is 11.9 Å². The zero-order chi connectivity index (χ0) is 15.1. The van der Waals surface area contributed by atoms with E-state index >= 15 is 0 Å². The number of guanidine groups is 1. The van der Waals surface area contributed by atoms with Gasteiger partial charge in [-0.25, -0.2) is 4.99 Å². The van der Waals surface area contributed by atoms with Gasteiger partial charge in [0, 0.05) is 33.6 Å². The molecule has 0 radical (unpaired) electrons. The van der Waals surface area contributed by atoms with Gasteiger partial charge in [-0.3, -0.25) is 4.79 Å². The Balaban J connectivity index is 1.78. The van der Waals surface area contributed by atoms with Gasteiger partial charge >= 0.3 is 0 Å². The summed E-state index contributed by atoms with van der Waals surface area (Å²) in [6.45, 7) is 1.80. The average molecular weight is 292 g/mol. The lowest BCUT2D eigenvalue weighted by molar-refractivity contribution is -0.127. The maximum absolute atomic E-state index is 11.6. The van der Waals surface area contributed by atoms with Crippen molar-refractivity contribution in [2.24, 2.45) is 10.9 Å². The van der Waals surface area contributed by atoms with Gasteiger partial charge in [0.05, 0.1) is 6.26 Å². The van der Waals surface area contributed by atoms with Crippen molar-refractivity contribution in [2.45, 2.75) is 19.3 Å². The average Bonchev–Trinajstić information content (AvgIpc) is 3.15. The third-order valence-electron chi connectivity index (χ3n) is 3.37. The van der Waals surface area contributed by atoms with Crippen LogP contribution in [0.4, 0.5) is 0 Å². The lowest BCUT2D eigenvalue weighted by Gasteiger charge is -2.13. The molecule has 2 N–H and O–H groups in total. The number of carbonyl (C=O) groups is 1. The molecule has 2 rings (SSSR count). The number of aliphatic imine (C=N–C) groups is 1. The minimum absolute atomic E-state index is 0.00597. The van der Waals surface area contributed by atoms with Crippen LogP contribution in [0.25, 0.3) is 0 Å². The molecular formula is C15H24N4O2. The van der Waals surface area contributed by atoms with E-state index in [1.165, 1.54) is 12.8 Å². The Morgan fingerprint density at radius 3 is 2.86 bits per heavy atom. The fraction of sp³-hybridized carbons (Fsp3) is 0.600. The summed E-state index contributed by atoms with van der Waals surface area (Å²) in [5.74, 6) is 2.39. The predicted octanol–water partition coefficient (Wildman–Crippen LogP) is 0.856. The van der Waals surface area contributed by atoms with Crippen molar-refractivity contribution < 1.29 is 9.21 Å². The van der Waals surface area contributed by atoms with Gasteiger partial charge in [-0.15, -0.1) is 0 Å². The summed E-state index contributed by atoms with van der Waals surface area (Å²) in [4.78, 5) is 17.5. The van der Waals surface area contributed by atoms with E-state index in [9.17, 15) is 4.79 Å². The van der Waals surface area contributed by atoms with Gasteiger partial charge in [0.15, 0.2) is 5.96 Å². The molecular weight excluding hydrogens is 268 g/mol. The maximum atomic E-state index is 11.6. The minimum atomic E-state index is -0.00597. The van der Waals surface area contributed by atoms with Crippen LogP contribution in [-0.4, -0.2) is 50.5 Å². The number of nitrogens with zero attached hydrogens (tertiary/aromatic N) is 2. The van der Waals surface area contributed by atoms with E-state index in [0.29, 0.717) is 5.96 Å². The molecule has 6 nitrogen and oxygen atoms in total. The summed E-state index contributed by atoms with van der Waals surface area (Å²) >= 11 is 0. The molecule has 0 atom stereocenters. The Morgan fingerprint density at radius 2 is 2.24 bits per heavy atom. The standard InChI is InChI=1S/C15H24N4O2/c1-19(2)14(20)11-18-15(17-10-12-5-6-12)16-8-7-13-4-3-9-21-13/h3-4,9,12H,5-8,10-11H2,1-2H3,(H2,16,17,18). The fourth-order valence-electron chi connectivity index (χ4n) is 1.78. The van der Waals surface area contributed by atoms with Gasteiger partial charge < -0.3 is 20.0 Å². The van der Waals surface area contributed by atoms with Gasteiger partial charge in [-0.2, -0.15) is 0 Å². The quantitative estimate of drug-likeness (QED) is 0.577. The highest BCUT2D eigenvalue weighted by atomic mass is 16.3. The molecule has 0 aliphatic heterocycles. The third-order valence-corrected chi connectivity index (χ3v) is 3.37. The maximum Gasteiger partial charge on any atom is 0.243 e. The number of likely N-dealkylation sites (N-methyl/N-ethyl adjacent to an activating group) is 1. The van der Waals surface area contributed by atoms with Crippen LogP contribution >= 0.6 is 0 Å². The van der Waals surface area contributed by atoms with E-state index in [4.69, 9.17) is 4.42 Å². The Hall–Kier alpha value is -1.98. The van der Waals surface area contributed by atoms with E-state index in [1.54, 1.807) is 25.3 Å². The topological polar surface area (TPSA) is 69.9 Å². The van der Waals surface area contributed by atoms with E-state index in [0.717, 1.165) is 31.2 Å². The number of carbonyl (C=O) groups excluding carboxylic acids is 1. The van der Waals surface area contributed by atoms with E-state index in [2.05, 4.69) is 15.6 Å². The first kappa shape index (κ1) is 15.4. The van der Waals surface area contributed by atoms with Crippen molar-refractivity contribution in [3.05, 3.63) is 24.2 Å². The molecule has 1 aromatic rings. The van der Waals surface area contributed by atoms with Crippen molar-refractivity contribution in [3.8, 4) is 0 Å². The zero-order valence-corrected chi connectivity index (χ0v) is 12.8. The molecule has 0 aromatic carbocycles. The molecule has 1 amide bonds. The Bertz CT molecular complexity index is 464. The molecule has 21 heavy (non-hydrogen) atoms. The molecule has 1 aliphatic carbocycles. The highest BCUT2D eigenvalue weighted by Gasteiger charge is 2.21. The van der Waals surface area contributed by atoms with Crippen LogP contribution < -0.4 is 10.6 Å². The Labute approximate surface area is 125 Å². The van der Waals surface area contributed by atoms with Crippen molar-refractivity contribution in [2.75, 3.05) is 33.7 Å². The molecule has 1 fully saturated rings. The van der Waals surface area contributed by atoms with Crippen molar-refractivity contribution in [1.29, 1.82) is 0 Å². The molecule has 0 bridgehead atoms. The lowest BCUT2D eigenvalue weighted by atomic mass is 10.3. The molecule has 0 unspecified atom stereocenters. The molecule has 116 valence electrons. The molecule has 0 spiro atoms. The first-order valence-electron chi connectivity index (χ1n) is 7.40. The van der Waals surface area contributed by atoms with E-state index < -0.39 is 0 Å². The second-order valence-electron chi connectivity index (χ2n) is 5.53. The highest BCUT2D eigenvalue weighted by Crippen LogP contribution is 2.27. The van der Waals surface area contributed by atoms with Gasteiger partial charge in [-0.05, 0) is 30.9 Å². The molecule has 1 saturated carbocycles.